The number of ketones is 1. The molecule has 0 fully saturated rings. The molecule has 0 aliphatic carbocycles. The molecule has 3 rings (SSSR count). The molecule has 0 saturated carbocycles. The number of unbranched alkanes of at least 4 members (excludes halogenated alkanes) is 1. The molecule has 0 aromatic heterocycles. The fraction of sp³-hybridized carbons (Fsp3) is 0.342. The normalized spacial score (nSPS) is 11.3. The number of carbonyl (C=O) groups excluding carboxylic acids is 4. The van der Waals surface area contributed by atoms with Crippen LogP contribution in [0.1, 0.15) is 62.1 Å². The first kappa shape index (κ1) is 41.2. The topological polar surface area (TPSA) is 219 Å². The Morgan fingerprint density at radius 1 is 0.660 bits per heavy atom. The summed E-state index contributed by atoms with van der Waals surface area (Å²) in [5.74, 6) is -4.49. The Kier molecular flexibility index (Phi) is 17.0. The summed E-state index contributed by atoms with van der Waals surface area (Å²) in [6, 6.07) is 25.1. The molecule has 282 valence electrons. The molecule has 3 aromatic carbocycles. The third-order valence-corrected chi connectivity index (χ3v) is 7.93. The molecule has 53 heavy (non-hydrogen) atoms. The standard InChI is InChI=1S/C38H44N4O11/c1-2-3-21-38(32(44)45,33(46)47)23-31(43)30(40-35(48)51-24-27-14-7-4-8-15-27)20-13-22-39-34(41-36(49)52-25-28-16-9-5-10-17-28)42-37(50)53-26-29-18-11-6-12-19-29/h4-12,14-19,30H,2-3,13,20-26H2,1H3,(H,40,48)(H,44,45)(H,46,47)(H2,39,41,42,49,50)/t30-/m0/s1. The van der Waals surface area contributed by atoms with Gasteiger partial charge in [0.1, 0.15) is 19.8 Å². The highest BCUT2D eigenvalue weighted by Crippen LogP contribution is 2.31. The number of rotatable bonds is 19. The summed E-state index contributed by atoms with van der Waals surface area (Å²) in [7, 11) is 0. The van der Waals surface area contributed by atoms with Crippen molar-refractivity contribution in [3.05, 3.63) is 108 Å². The van der Waals surface area contributed by atoms with Crippen LogP contribution in [0, 0.1) is 5.41 Å². The average molecular weight is 733 g/mol. The Morgan fingerprint density at radius 3 is 1.51 bits per heavy atom. The number of aliphatic imine (C=N–C) groups is 1. The SMILES string of the molecule is CCCCC(CC(=O)[C@H](CCCN=C(NC(=O)OCc1ccccc1)NC(=O)OCc1ccccc1)NC(=O)OCc1ccccc1)(C(=O)O)C(=O)O. The second-order valence-corrected chi connectivity index (χ2v) is 11.9. The van der Waals surface area contributed by atoms with Crippen LogP contribution in [0.5, 0.6) is 0 Å². The van der Waals surface area contributed by atoms with Crippen molar-refractivity contribution < 1.29 is 53.2 Å². The van der Waals surface area contributed by atoms with Gasteiger partial charge in [-0.3, -0.25) is 30.0 Å². The van der Waals surface area contributed by atoms with Crippen molar-refractivity contribution in [3.63, 3.8) is 0 Å². The van der Waals surface area contributed by atoms with E-state index in [-0.39, 0.29) is 58.0 Å². The van der Waals surface area contributed by atoms with Crippen LogP contribution in [-0.4, -0.2) is 64.8 Å². The lowest BCUT2D eigenvalue weighted by Crippen LogP contribution is -2.47. The van der Waals surface area contributed by atoms with Crippen molar-refractivity contribution in [2.45, 2.75) is 71.3 Å². The molecule has 0 unspecified atom stereocenters. The second-order valence-electron chi connectivity index (χ2n) is 11.9. The van der Waals surface area contributed by atoms with Crippen molar-refractivity contribution in [3.8, 4) is 0 Å². The lowest BCUT2D eigenvalue weighted by Gasteiger charge is -2.26. The number of carboxylic acids is 2. The zero-order valence-electron chi connectivity index (χ0n) is 29.3. The lowest BCUT2D eigenvalue weighted by atomic mass is 9.77. The van der Waals surface area contributed by atoms with Gasteiger partial charge in [0, 0.05) is 13.0 Å². The Hall–Kier alpha value is -6.25. The van der Waals surface area contributed by atoms with Gasteiger partial charge in [-0.2, -0.15) is 0 Å². The van der Waals surface area contributed by atoms with E-state index in [4.69, 9.17) is 14.2 Å². The number of nitrogens with zero attached hydrogens (tertiary/aromatic N) is 1. The number of aliphatic carboxylic acids is 2. The van der Waals surface area contributed by atoms with Gasteiger partial charge in [0.05, 0.1) is 6.04 Å². The number of ether oxygens (including phenoxy) is 3. The van der Waals surface area contributed by atoms with E-state index in [1.165, 1.54) is 0 Å². The zero-order valence-corrected chi connectivity index (χ0v) is 29.3. The van der Waals surface area contributed by atoms with E-state index >= 15 is 0 Å². The molecular weight excluding hydrogens is 688 g/mol. The van der Waals surface area contributed by atoms with Gasteiger partial charge in [0.25, 0.3) is 0 Å². The van der Waals surface area contributed by atoms with Crippen molar-refractivity contribution in [2.24, 2.45) is 10.4 Å². The molecule has 0 radical (unpaired) electrons. The maximum Gasteiger partial charge on any atom is 0.414 e. The van der Waals surface area contributed by atoms with Gasteiger partial charge in [-0.25, -0.2) is 14.4 Å². The Morgan fingerprint density at radius 2 is 1.09 bits per heavy atom. The monoisotopic (exact) mass is 732 g/mol. The van der Waals surface area contributed by atoms with Crippen LogP contribution >= 0.6 is 0 Å². The first-order valence-electron chi connectivity index (χ1n) is 17.0. The van der Waals surface area contributed by atoms with Crippen molar-refractivity contribution >= 4 is 42.0 Å². The molecular formula is C38H44N4O11. The lowest BCUT2D eigenvalue weighted by molar-refractivity contribution is -0.167. The molecule has 0 heterocycles. The fourth-order valence-electron chi connectivity index (χ4n) is 4.97. The molecule has 5 N–H and O–H groups in total. The summed E-state index contributed by atoms with van der Waals surface area (Å²) in [5, 5.41) is 27.0. The van der Waals surface area contributed by atoms with E-state index in [0.717, 1.165) is 0 Å². The van der Waals surface area contributed by atoms with Gasteiger partial charge in [-0.1, -0.05) is 111 Å². The van der Waals surface area contributed by atoms with E-state index in [1.54, 1.807) is 85.8 Å². The molecule has 0 aliphatic rings. The number of hydrogen-bond acceptors (Lipinski definition) is 10. The Balaban J connectivity index is 1.73. The molecule has 0 saturated heterocycles. The minimum Gasteiger partial charge on any atom is -0.480 e. The van der Waals surface area contributed by atoms with Crippen LogP contribution in [0.3, 0.4) is 0 Å². The number of nitrogens with one attached hydrogen (secondary N) is 3. The van der Waals surface area contributed by atoms with Gasteiger partial charge >= 0.3 is 30.2 Å². The number of hydrogen-bond donors (Lipinski definition) is 5. The minimum atomic E-state index is -2.40. The summed E-state index contributed by atoms with van der Waals surface area (Å²) in [6.45, 7) is 1.37. The van der Waals surface area contributed by atoms with E-state index in [9.17, 15) is 39.0 Å². The molecule has 15 heteroatoms. The van der Waals surface area contributed by atoms with Crippen LogP contribution in [0.4, 0.5) is 14.4 Å². The third-order valence-electron chi connectivity index (χ3n) is 7.93. The summed E-state index contributed by atoms with van der Waals surface area (Å²) in [5.41, 5.74) is -0.300. The predicted octanol–water partition coefficient (Wildman–Crippen LogP) is 5.58. The first-order valence-corrected chi connectivity index (χ1v) is 17.0. The number of Topliss-reactive ketones (excluding diaryl/α,β-unsaturated/α-hetero) is 1. The highest BCUT2D eigenvalue weighted by Gasteiger charge is 2.48. The van der Waals surface area contributed by atoms with Crippen LogP contribution in [0.15, 0.2) is 96.0 Å². The summed E-state index contributed by atoms with van der Waals surface area (Å²) >= 11 is 0. The molecule has 0 aliphatic heterocycles. The summed E-state index contributed by atoms with van der Waals surface area (Å²) < 4.78 is 15.7. The summed E-state index contributed by atoms with van der Waals surface area (Å²) in [6.07, 6.45) is -3.38. The number of benzene rings is 3. The van der Waals surface area contributed by atoms with Crippen LogP contribution in [-0.2, 0) is 48.4 Å². The second kappa shape index (κ2) is 21.9. The molecule has 15 nitrogen and oxygen atoms in total. The number of carboxylic acid groups (broad SMARTS) is 2. The number of alkyl carbamates (subject to hydrolysis) is 3. The van der Waals surface area contributed by atoms with E-state index in [2.05, 4.69) is 20.9 Å². The predicted molar refractivity (Wildman–Crippen MR) is 191 cm³/mol. The van der Waals surface area contributed by atoms with Gasteiger partial charge in [-0.05, 0) is 36.0 Å². The maximum atomic E-state index is 13.6. The van der Waals surface area contributed by atoms with Gasteiger partial charge in [0.15, 0.2) is 11.2 Å². The largest absolute Gasteiger partial charge is 0.480 e. The van der Waals surface area contributed by atoms with E-state index < -0.39 is 53.9 Å². The third kappa shape index (κ3) is 14.5. The van der Waals surface area contributed by atoms with Crippen LogP contribution < -0.4 is 16.0 Å². The molecule has 0 spiro atoms. The minimum absolute atomic E-state index is 0.0441. The fourth-order valence-corrected chi connectivity index (χ4v) is 4.97. The Labute approximate surface area is 306 Å². The summed E-state index contributed by atoms with van der Waals surface area (Å²) in [4.78, 5) is 80.2. The molecule has 3 amide bonds. The van der Waals surface area contributed by atoms with Crippen molar-refractivity contribution in [1.82, 2.24) is 16.0 Å². The van der Waals surface area contributed by atoms with Crippen molar-refractivity contribution in [2.75, 3.05) is 6.54 Å². The number of carbonyl (C=O) groups is 6. The van der Waals surface area contributed by atoms with Gasteiger partial charge in [-0.15, -0.1) is 0 Å². The van der Waals surface area contributed by atoms with Crippen LogP contribution in [0.2, 0.25) is 0 Å². The molecule has 0 bridgehead atoms. The first-order chi connectivity index (χ1) is 25.5. The highest BCUT2D eigenvalue weighted by atomic mass is 16.6. The zero-order chi connectivity index (χ0) is 38.5. The maximum absolute atomic E-state index is 13.6. The van der Waals surface area contributed by atoms with E-state index in [0.29, 0.717) is 23.1 Å². The molecule has 3 aromatic rings. The van der Waals surface area contributed by atoms with Crippen LogP contribution in [0.25, 0.3) is 0 Å². The number of guanidine groups is 1. The van der Waals surface area contributed by atoms with E-state index in [1.807, 2.05) is 12.1 Å². The highest BCUT2D eigenvalue weighted by molar-refractivity contribution is 6.04. The Bertz CT molecular complexity index is 1610. The number of amides is 3. The quantitative estimate of drug-likeness (QED) is 0.0337. The molecule has 1 atom stereocenters. The van der Waals surface area contributed by atoms with Crippen molar-refractivity contribution in [1.29, 1.82) is 0 Å². The van der Waals surface area contributed by atoms with Gasteiger partial charge < -0.3 is 29.7 Å². The average Bonchev–Trinajstić information content (AvgIpc) is 3.16. The smallest absolute Gasteiger partial charge is 0.414 e. The van der Waals surface area contributed by atoms with Gasteiger partial charge in [0.2, 0.25) is 5.96 Å².